The van der Waals surface area contributed by atoms with Crippen LogP contribution in [0, 0.1) is 0 Å². The van der Waals surface area contributed by atoms with Crippen LogP contribution in [0.15, 0.2) is 72.2 Å². The highest BCUT2D eigenvalue weighted by Gasteiger charge is 2.12. The number of nitrogens with one attached hydrogen (secondary N) is 1. The Balaban J connectivity index is 1.73. The molecule has 0 spiro atoms. The van der Waals surface area contributed by atoms with E-state index in [2.05, 4.69) is 20.4 Å². The second kappa shape index (κ2) is 8.56. The number of benzene rings is 1. The van der Waals surface area contributed by atoms with Gasteiger partial charge in [-0.25, -0.2) is 14.4 Å². The Labute approximate surface area is 171 Å². The van der Waals surface area contributed by atoms with E-state index >= 15 is 0 Å². The lowest BCUT2D eigenvalue weighted by molar-refractivity contribution is 0.192. The van der Waals surface area contributed by atoms with Gasteiger partial charge in [0.1, 0.15) is 11.6 Å². The first kappa shape index (κ1) is 19.3. The summed E-state index contributed by atoms with van der Waals surface area (Å²) >= 11 is 0. The molecule has 0 unspecified atom stereocenters. The number of alkyl halides is 1. The standard InChI is InChI=1S/C21H19FN6O2/c1-27-12-15(10-26-27)18-13-28(16-3-5-17(6-4-16)30-14-22)21(29)9-19(18)25-11-20-23-7-2-8-24-20/h2-10,12-13,25H,11,14H2,1H3. The summed E-state index contributed by atoms with van der Waals surface area (Å²) in [6.07, 6.45) is 8.68. The zero-order valence-electron chi connectivity index (χ0n) is 16.2. The molecule has 0 saturated carbocycles. The van der Waals surface area contributed by atoms with Gasteiger partial charge in [0.25, 0.3) is 5.56 Å². The van der Waals surface area contributed by atoms with Crippen LogP contribution in [0.2, 0.25) is 0 Å². The summed E-state index contributed by atoms with van der Waals surface area (Å²) in [7, 11) is 1.83. The lowest BCUT2D eigenvalue weighted by Gasteiger charge is -2.14. The maximum atomic E-state index is 12.8. The average Bonchev–Trinajstić information content (AvgIpc) is 3.20. The van der Waals surface area contributed by atoms with Gasteiger partial charge in [0, 0.05) is 60.4 Å². The van der Waals surface area contributed by atoms with E-state index < -0.39 is 6.86 Å². The van der Waals surface area contributed by atoms with Crippen molar-refractivity contribution in [3.8, 4) is 22.6 Å². The highest BCUT2D eigenvalue weighted by molar-refractivity contribution is 5.76. The summed E-state index contributed by atoms with van der Waals surface area (Å²) in [4.78, 5) is 21.2. The van der Waals surface area contributed by atoms with Crippen LogP contribution in [-0.2, 0) is 13.6 Å². The predicted molar refractivity (Wildman–Crippen MR) is 110 cm³/mol. The number of anilines is 1. The Morgan fingerprint density at radius 1 is 1.13 bits per heavy atom. The van der Waals surface area contributed by atoms with Gasteiger partial charge in [-0.05, 0) is 30.3 Å². The number of nitrogens with zero attached hydrogens (tertiary/aromatic N) is 5. The molecule has 0 aliphatic heterocycles. The van der Waals surface area contributed by atoms with Crippen molar-refractivity contribution in [3.63, 3.8) is 0 Å². The van der Waals surface area contributed by atoms with Crippen molar-refractivity contribution in [2.45, 2.75) is 6.54 Å². The molecule has 0 atom stereocenters. The monoisotopic (exact) mass is 406 g/mol. The molecule has 1 N–H and O–H groups in total. The van der Waals surface area contributed by atoms with Crippen molar-refractivity contribution in [3.05, 3.63) is 83.6 Å². The van der Waals surface area contributed by atoms with Gasteiger partial charge >= 0.3 is 0 Å². The molecule has 0 bridgehead atoms. The molecule has 0 amide bonds. The van der Waals surface area contributed by atoms with Gasteiger partial charge in [-0.1, -0.05) is 0 Å². The van der Waals surface area contributed by atoms with Gasteiger partial charge in [-0.2, -0.15) is 5.10 Å². The molecule has 0 aliphatic rings. The number of halogens is 1. The zero-order chi connectivity index (χ0) is 20.9. The SMILES string of the molecule is Cn1cc(-c2cn(-c3ccc(OCF)cc3)c(=O)cc2NCc2ncccn2)cn1. The molecular formula is C21H19FN6O2. The van der Waals surface area contributed by atoms with Gasteiger partial charge in [0.05, 0.1) is 12.7 Å². The molecule has 0 fully saturated rings. The van der Waals surface area contributed by atoms with Crippen LogP contribution in [0.1, 0.15) is 5.82 Å². The van der Waals surface area contributed by atoms with E-state index in [0.717, 1.165) is 11.1 Å². The van der Waals surface area contributed by atoms with Gasteiger partial charge < -0.3 is 10.1 Å². The van der Waals surface area contributed by atoms with Crippen molar-refractivity contribution in [2.24, 2.45) is 7.05 Å². The lowest BCUT2D eigenvalue weighted by atomic mass is 10.1. The van der Waals surface area contributed by atoms with Crippen molar-refractivity contribution < 1.29 is 9.13 Å². The summed E-state index contributed by atoms with van der Waals surface area (Å²) in [5, 5.41) is 7.48. The number of aryl methyl sites for hydroxylation is 1. The molecule has 3 aromatic heterocycles. The van der Waals surface area contributed by atoms with Crippen molar-refractivity contribution >= 4 is 5.69 Å². The fraction of sp³-hybridized carbons (Fsp3) is 0.143. The van der Waals surface area contributed by atoms with Crippen LogP contribution in [-0.4, -0.2) is 31.2 Å². The molecule has 4 rings (SSSR count). The highest BCUT2D eigenvalue weighted by atomic mass is 19.1. The van der Waals surface area contributed by atoms with Gasteiger partial charge in [0.2, 0.25) is 6.86 Å². The van der Waals surface area contributed by atoms with Crippen LogP contribution in [0.3, 0.4) is 0 Å². The average molecular weight is 406 g/mol. The fourth-order valence-corrected chi connectivity index (χ4v) is 3.03. The first-order chi connectivity index (χ1) is 14.6. The zero-order valence-corrected chi connectivity index (χ0v) is 16.2. The minimum atomic E-state index is -0.907. The summed E-state index contributed by atoms with van der Waals surface area (Å²) in [6, 6.07) is 9.90. The minimum absolute atomic E-state index is 0.224. The first-order valence-corrected chi connectivity index (χ1v) is 9.19. The second-order valence-corrected chi connectivity index (χ2v) is 6.48. The van der Waals surface area contributed by atoms with E-state index in [-0.39, 0.29) is 5.56 Å². The fourth-order valence-electron chi connectivity index (χ4n) is 3.03. The Morgan fingerprint density at radius 2 is 1.90 bits per heavy atom. The van der Waals surface area contributed by atoms with E-state index in [9.17, 15) is 9.18 Å². The molecule has 1 aromatic carbocycles. The molecule has 0 aliphatic carbocycles. The van der Waals surface area contributed by atoms with Gasteiger partial charge in [0.15, 0.2) is 0 Å². The van der Waals surface area contributed by atoms with Crippen LogP contribution < -0.4 is 15.6 Å². The molecule has 152 valence electrons. The molecule has 30 heavy (non-hydrogen) atoms. The van der Waals surface area contributed by atoms with E-state index in [4.69, 9.17) is 4.74 Å². The quantitative estimate of drug-likeness (QED) is 0.508. The van der Waals surface area contributed by atoms with Crippen LogP contribution in [0.5, 0.6) is 5.75 Å². The molecule has 0 saturated heterocycles. The normalized spacial score (nSPS) is 10.7. The Kier molecular flexibility index (Phi) is 5.51. The summed E-state index contributed by atoms with van der Waals surface area (Å²) < 4.78 is 20.4. The van der Waals surface area contributed by atoms with Crippen LogP contribution in [0.4, 0.5) is 10.1 Å². The van der Waals surface area contributed by atoms with E-state index in [1.165, 1.54) is 10.6 Å². The Hall–Kier alpha value is -4.01. The number of pyridine rings is 1. The molecule has 8 nitrogen and oxygen atoms in total. The number of rotatable bonds is 7. The summed E-state index contributed by atoms with van der Waals surface area (Å²) in [5.74, 6) is 1.00. The minimum Gasteiger partial charge on any atom is -0.463 e. The Bertz CT molecular complexity index is 1190. The van der Waals surface area contributed by atoms with Gasteiger partial charge in [-0.3, -0.25) is 14.0 Å². The molecular weight excluding hydrogens is 387 g/mol. The number of hydrogen-bond acceptors (Lipinski definition) is 6. The van der Waals surface area contributed by atoms with E-state index in [1.807, 2.05) is 13.2 Å². The lowest BCUT2D eigenvalue weighted by Crippen LogP contribution is -2.19. The summed E-state index contributed by atoms with van der Waals surface area (Å²) in [5.41, 5.74) is 2.70. The second-order valence-electron chi connectivity index (χ2n) is 6.48. The third kappa shape index (κ3) is 4.19. The summed E-state index contributed by atoms with van der Waals surface area (Å²) in [6.45, 7) is -0.539. The highest BCUT2D eigenvalue weighted by Crippen LogP contribution is 2.27. The number of hydrogen-bond donors (Lipinski definition) is 1. The van der Waals surface area contributed by atoms with Crippen molar-refractivity contribution in [1.82, 2.24) is 24.3 Å². The molecule has 3 heterocycles. The maximum Gasteiger partial charge on any atom is 0.257 e. The number of ether oxygens (including phenoxy) is 1. The van der Waals surface area contributed by atoms with Crippen molar-refractivity contribution in [1.29, 1.82) is 0 Å². The number of aromatic nitrogens is 5. The largest absolute Gasteiger partial charge is 0.463 e. The molecule has 4 aromatic rings. The van der Waals surface area contributed by atoms with Crippen LogP contribution >= 0.6 is 0 Å². The third-order valence-electron chi connectivity index (χ3n) is 4.46. The topological polar surface area (TPSA) is 86.9 Å². The Morgan fingerprint density at radius 3 is 2.57 bits per heavy atom. The van der Waals surface area contributed by atoms with E-state index in [1.54, 1.807) is 59.8 Å². The van der Waals surface area contributed by atoms with Crippen molar-refractivity contribution in [2.75, 3.05) is 12.2 Å². The first-order valence-electron chi connectivity index (χ1n) is 9.19. The van der Waals surface area contributed by atoms with E-state index in [0.29, 0.717) is 29.5 Å². The smallest absolute Gasteiger partial charge is 0.257 e. The van der Waals surface area contributed by atoms with Gasteiger partial charge in [-0.15, -0.1) is 0 Å². The van der Waals surface area contributed by atoms with Crippen LogP contribution in [0.25, 0.3) is 16.8 Å². The molecule has 9 heteroatoms. The molecule has 0 radical (unpaired) electrons. The predicted octanol–water partition coefficient (Wildman–Crippen LogP) is 2.95. The third-order valence-corrected chi connectivity index (χ3v) is 4.46. The maximum absolute atomic E-state index is 12.8.